The fourth-order valence-electron chi connectivity index (χ4n) is 4.82. The van der Waals surface area contributed by atoms with Gasteiger partial charge in [0.2, 0.25) is 0 Å². The molecule has 0 amide bonds. The zero-order chi connectivity index (χ0) is 19.4. The quantitative estimate of drug-likeness (QED) is 0.765. The Hall–Kier alpha value is -2.17. The average molecular weight is 364 g/mol. The predicted octanol–water partition coefficient (Wildman–Crippen LogP) is 3.98. The summed E-state index contributed by atoms with van der Waals surface area (Å²) in [6.45, 7) is 11.1. The van der Waals surface area contributed by atoms with E-state index in [9.17, 15) is 5.11 Å². The molecule has 4 nitrogen and oxygen atoms in total. The second-order valence-electron chi connectivity index (χ2n) is 9.00. The molecule has 4 rings (SSSR count). The van der Waals surface area contributed by atoms with Crippen molar-refractivity contribution in [1.29, 1.82) is 0 Å². The van der Waals surface area contributed by atoms with Crippen LogP contribution in [0.3, 0.4) is 0 Å². The minimum atomic E-state index is -0.965. The first-order valence-corrected chi connectivity index (χ1v) is 9.63. The number of aliphatic hydroxyl groups is 1. The number of hydrogen-bond donors (Lipinski definition) is 1. The molecule has 0 fully saturated rings. The maximum absolute atomic E-state index is 11.3. The molecule has 4 heteroatoms. The van der Waals surface area contributed by atoms with Crippen molar-refractivity contribution in [3.63, 3.8) is 0 Å². The van der Waals surface area contributed by atoms with Gasteiger partial charge in [0.05, 0.1) is 6.54 Å². The van der Waals surface area contributed by atoms with Crippen molar-refractivity contribution in [1.82, 2.24) is 14.5 Å². The molecular weight excluding hydrogens is 334 g/mol. The van der Waals surface area contributed by atoms with E-state index >= 15 is 0 Å². The van der Waals surface area contributed by atoms with Crippen LogP contribution in [0.15, 0.2) is 42.7 Å². The lowest BCUT2D eigenvalue weighted by molar-refractivity contribution is 0.0372. The first kappa shape index (κ1) is 18.2. The third-order valence-corrected chi connectivity index (χ3v) is 5.83. The van der Waals surface area contributed by atoms with E-state index in [0.717, 1.165) is 18.7 Å². The van der Waals surface area contributed by atoms with Crippen molar-refractivity contribution >= 4 is 10.9 Å². The third-order valence-electron chi connectivity index (χ3n) is 5.83. The number of likely N-dealkylation sites (N-methyl/N-ethyl adjacent to an activating group) is 1. The minimum Gasteiger partial charge on any atom is -0.384 e. The molecule has 0 aliphatic carbocycles. The van der Waals surface area contributed by atoms with Gasteiger partial charge in [0.15, 0.2) is 0 Å². The highest BCUT2D eigenvalue weighted by atomic mass is 16.3. The molecule has 1 N–H and O–H groups in total. The van der Waals surface area contributed by atoms with E-state index in [1.165, 1.54) is 27.7 Å². The van der Waals surface area contributed by atoms with Crippen molar-refractivity contribution < 1.29 is 5.11 Å². The highest BCUT2D eigenvalue weighted by molar-refractivity contribution is 5.87. The molecule has 1 atom stereocenters. The number of fused-ring (bicyclic) bond motifs is 3. The lowest BCUT2D eigenvalue weighted by atomic mass is 9.82. The molecule has 0 saturated carbocycles. The van der Waals surface area contributed by atoms with Crippen molar-refractivity contribution in [3.05, 3.63) is 65.1 Å². The fourth-order valence-corrected chi connectivity index (χ4v) is 4.82. The first-order valence-electron chi connectivity index (χ1n) is 9.63. The molecule has 0 saturated heterocycles. The van der Waals surface area contributed by atoms with Gasteiger partial charge in [0, 0.05) is 47.5 Å². The number of nitrogens with zero attached hydrogens (tertiary/aromatic N) is 3. The van der Waals surface area contributed by atoms with Gasteiger partial charge in [-0.05, 0) is 56.3 Å². The fraction of sp³-hybridized carbons (Fsp3) is 0.435. The van der Waals surface area contributed by atoms with Gasteiger partial charge in [0.25, 0.3) is 0 Å². The van der Waals surface area contributed by atoms with Crippen LogP contribution in [0, 0.1) is 6.92 Å². The largest absolute Gasteiger partial charge is 0.384 e. The normalized spacial score (nSPS) is 19.0. The van der Waals surface area contributed by atoms with Gasteiger partial charge < -0.3 is 14.6 Å². The maximum Gasteiger partial charge on any atom is 0.105 e. The Morgan fingerprint density at radius 2 is 1.89 bits per heavy atom. The summed E-state index contributed by atoms with van der Waals surface area (Å²) >= 11 is 0. The summed E-state index contributed by atoms with van der Waals surface area (Å²) in [7, 11) is 2.19. The van der Waals surface area contributed by atoms with Crippen LogP contribution in [0.1, 0.15) is 43.2 Å². The number of aryl methyl sites for hydroxylation is 1. The van der Waals surface area contributed by atoms with Crippen molar-refractivity contribution in [3.8, 4) is 0 Å². The molecule has 1 aliphatic rings. The van der Waals surface area contributed by atoms with E-state index in [0.29, 0.717) is 6.54 Å². The molecule has 3 aromatic rings. The number of aromatic nitrogens is 2. The Labute approximate surface area is 161 Å². The van der Waals surface area contributed by atoms with Crippen LogP contribution in [0.2, 0.25) is 0 Å². The van der Waals surface area contributed by atoms with Gasteiger partial charge in [0.1, 0.15) is 5.60 Å². The van der Waals surface area contributed by atoms with Crippen molar-refractivity contribution in [2.45, 2.75) is 51.8 Å². The summed E-state index contributed by atoms with van der Waals surface area (Å²) in [4.78, 5) is 6.49. The summed E-state index contributed by atoms with van der Waals surface area (Å²) in [5, 5.41) is 12.7. The lowest BCUT2D eigenvalue weighted by Crippen LogP contribution is -2.42. The summed E-state index contributed by atoms with van der Waals surface area (Å²) in [6, 6.07) is 10.5. The number of hydrogen-bond acceptors (Lipinski definition) is 3. The van der Waals surface area contributed by atoms with Crippen LogP contribution in [0.5, 0.6) is 0 Å². The molecule has 142 valence electrons. The zero-order valence-electron chi connectivity index (χ0n) is 17.0. The van der Waals surface area contributed by atoms with Gasteiger partial charge in [-0.3, -0.25) is 4.98 Å². The van der Waals surface area contributed by atoms with E-state index in [4.69, 9.17) is 0 Å². The topological polar surface area (TPSA) is 41.3 Å². The van der Waals surface area contributed by atoms with Crippen LogP contribution in [-0.2, 0) is 24.1 Å². The molecule has 0 spiro atoms. The van der Waals surface area contributed by atoms with E-state index in [2.05, 4.69) is 60.5 Å². The molecule has 1 aromatic carbocycles. The van der Waals surface area contributed by atoms with Gasteiger partial charge >= 0.3 is 0 Å². The monoisotopic (exact) mass is 363 g/mol. The summed E-state index contributed by atoms with van der Waals surface area (Å²) in [5.41, 5.74) is 5.19. The van der Waals surface area contributed by atoms with Crippen LogP contribution >= 0.6 is 0 Å². The molecule has 0 radical (unpaired) electrons. The van der Waals surface area contributed by atoms with Crippen LogP contribution < -0.4 is 0 Å². The van der Waals surface area contributed by atoms with E-state index in [1.807, 2.05) is 19.1 Å². The maximum atomic E-state index is 11.3. The first-order chi connectivity index (χ1) is 12.7. The molecular formula is C23H29N3O. The smallest absolute Gasteiger partial charge is 0.105 e. The predicted molar refractivity (Wildman–Crippen MR) is 110 cm³/mol. The Balaban J connectivity index is 1.93. The molecule has 0 bridgehead atoms. The van der Waals surface area contributed by atoms with Crippen molar-refractivity contribution in [2.24, 2.45) is 0 Å². The zero-order valence-corrected chi connectivity index (χ0v) is 17.0. The standard InChI is InChI=1S/C23H29N3O/c1-16-6-7-20-18(12-16)19-13-25(5)14-22(2,3)21(19)26(20)15-23(4,27)17-8-10-24-11-9-17/h6-12,27H,13-15H2,1-5H3. The summed E-state index contributed by atoms with van der Waals surface area (Å²) < 4.78 is 2.36. The third kappa shape index (κ3) is 3.07. The minimum absolute atomic E-state index is 0.0174. The summed E-state index contributed by atoms with van der Waals surface area (Å²) in [5.74, 6) is 0. The molecule has 27 heavy (non-hydrogen) atoms. The van der Waals surface area contributed by atoms with E-state index < -0.39 is 5.60 Å². The van der Waals surface area contributed by atoms with Crippen molar-refractivity contribution in [2.75, 3.05) is 13.6 Å². The molecule has 2 aromatic heterocycles. The lowest BCUT2D eigenvalue weighted by Gasteiger charge is -2.38. The van der Waals surface area contributed by atoms with Crippen LogP contribution in [0.4, 0.5) is 0 Å². The van der Waals surface area contributed by atoms with Crippen LogP contribution in [-0.4, -0.2) is 33.1 Å². The Morgan fingerprint density at radius 3 is 2.59 bits per heavy atom. The number of rotatable bonds is 3. The highest BCUT2D eigenvalue weighted by Crippen LogP contribution is 2.41. The molecule has 1 unspecified atom stereocenters. The van der Waals surface area contributed by atoms with E-state index in [-0.39, 0.29) is 5.41 Å². The average Bonchev–Trinajstić information content (AvgIpc) is 2.88. The molecule has 1 aliphatic heterocycles. The SMILES string of the molecule is Cc1ccc2c(c1)c1c(n2CC(C)(O)c2ccncc2)C(C)(C)CN(C)C1. The number of benzene rings is 1. The summed E-state index contributed by atoms with van der Waals surface area (Å²) in [6.07, 6.45) is 3.49. The van der Waals surface area contributed by atoms with Gasteiger partial charge in [-0.1, -0.05) is 25.5 Å². The second kappa shape index (κ2) is 6.18. The Bertz CT molecular complexity index is 986. The van der Waals surface area contributed by atoms with Gasteiger partial charge in [-0.15, -0.1) is 0 Å². The van der Waals surface area contributed by atoms with Gasteiger partial charge in [-0.2, -0.15) is 0 Å². The van der Waals surface area contributed by atoms with E-state index in [1.54, 1.807) is 12.4 Å². The van der Waals surface area contributed by atoms with Gasteiger partial charge in [-0.25, -0.2) is 0 Å². The molecule has 3 heterocycles. The number of pyridine rings is 1. The highest BCUT2D eigenvalue weighted by Gasteiger charge is 2.37. The van der Waals surface area contributed by atoms with Crippen LogP contribution in [0.25, 0.3) is 10.9 Å². The Kier molecular flexibility index (Phi) is 4.17. The Morgan fingerprint density at radius 1 is 1.19 bits per heavy atom. The second-order valence-corrected chi connectivity index (χ2v) is 9.00.